The summed E-state index contributed by atoms with van der Waals surface area (Å²) in [5, 5.41) is 17.0. The van der Waals surface area contributed by atoms with Crippen LogP contribution < -0.4 is 10.9 Å². The molecule has 1 aromatic rings. The summed E-state index contributed by atoms with van der Waals surface area (Å²) >= 11 is 3.30. The summed E-state index contributed by atoms with van der Waals surface area (Å²) < 4.78 is 1.91. The van der Waals surface area contributed by atoms with Gasteiger partial charge in [-0.1, -0.05) is 6.42 Å². The number of aliphatic hydroxyl groups is 1. The molecule has 0 radical (unpaired) electrons. The number of aromatic nitrogens is 2. The van der Waals surface area contributed by atoms with Crippen LogP contribution in [0.1, 0.15) is 26.2 Å². The predicted octanol–water partition coefficient (Wildman–Crippen LogP) is 1.60. The van der Waals surface area contributed by atoms with Gasteiger partial charge in [0.25, 0.3) is 5.56 Å². The molecule has 2 N–H and O–H groups in total. The van der Waals surface area contributed by atoms with Gasteiger partial charge < -0.3 is 10.4 Å². The number of nitrogens with one attached hydrogen (secondary N) is 1. The number of halogens is 1. The van der Waals surface area contributed by atoms with Gasteiger partial charge in [-0.3, -0.25) is 4.79 Å². The molecule has 18 heavy (non-hydrogen) atoms. The predicted molar refractivity (Wildman–Crippen MR) is 73.7 cm³/mol. The second-order valence-corrected chi connectivity index (χ2v) is 5.43. The van der Waals surface area contributed by atoms with Crippen LogP contribution in [0.3, 0.4) is 0 Å². The Balaban J connectivity index is 2.06. The average molecular weight is 316 g/mol. The fraction of sp³-hybridized carbons (Fsp3) is 0.667. The van der Waals surface area contributed by atoms with Crippen molar-refractivity contribution in [1.29, 1.82) is 0 Å². The number of nitrogens with zero attached hydrogens (tertiary/aromatic N) is 2. The first-order valence-corrected chi connectivity index (χ1v) is 7.10. The van der Waals surface area contributed by atoms with Gasteiger partial charge in [-0.05, 0) is 35.7 Å². The maximum atomic E-state index is 11.8. The topological polar surface area (TPSA) is 67.2 Å². The quantitative estimate of drug-likeness (QED) is 0.885. The van der Waals surface area contributed by atoms with Crippen molar-refractivity contribution in [3.05, 3.63) is 21.0 Å². The lowest BCUT2D eigenvalue weighted by atomic mass is 10.1. The summed E-state index contributed by atoms with van der Waals surface area (Å²) in [5.41, 5.74) is 0.568. The summed E-state index contributed by atoms with van der Waals surface area (Å²) in [4.78, 5) is 11.8. The number of hydrogen-bond acceptors (Lipinski definition) is 4. The molecule has 1 saturated carbocycles. The van der Waals surface area contributed by atoms with E-state index in [-0.39, 0.29) is 17.6 Å². The Morgan fingerprint density at radius 2 is 2.39 bits per heavy atom. The highest BCUT2D eigenvalue weighted by atomic mass is 79.9. The van der Waals surface area contributed by atoms with E-state index >= 15 is 0 Å². The summed E-state index contributed by atoms with van der Waals surface area (Å²) in [5.74, 6) is 0.269. The minimum atomic E-state index is -0.222. The van der Waals surface area contributed by atoms with Gasteiger partial charge in [0.1, 0.15) is 4.47 Å². The minimum absolute atomic E-state index is 0.130. The first kappa shape index (κ1) is 13.5. The Labute approximate surface area is 114 Å². The van der Waals surface area contributed by atoms with Crippen LogP contribution in [0, 0.1) is 5.92 Å². The molecule has 0 saturated heterocycles. The van der Waals surface area contributed by atoms with E-state index in [2.05, 4.69) is 26.3 Å². The fourth-order valence-electron chi connectivity index (χ4n) is 2.31. The third-order valence-electron chi connectivity index (χ3n) is 3.46. The minimum Gasteiger partial charge on any atom is -0.393 e. The van der Waals surface area contributed by atoms with Crippen molar-refractivity contribution < 1.29 is 5.11 Å². The molecule has 0 amide bonds. The Kier molecular flexibility index (Phi) is 4.40. The third kappa shape index (κ3) is 2.75. The molecule has 1 heterocycles. The normalized spacial score (nSPS) is 23.3. The molecule has 100 valence electrons. The van der Waals surface area contributed by atoms with Crippen LogP contribution in [0.5, 0.6) is 0 Å². The molecule has 0 aliphatic heterocycles. The molecule has 0 aromatic carbocycles. The van der Waals surface area contributed by atoms with Crippen LogP contribution in [-0.2, 0) is 6.54 Å². The number of hydrogen-bond donors (Lipinski definition) is 2. The van der Waals surface area contributed by atoms with Gasteiger partial charge in [0.15, 0.2) is 0 Å². The van der Waals surface area contributed by atoms with Crippen LogP contribution in [0.25, 0.3) is 0 Å². The molecule has 0 spiro atoms. The standard InChI is InChI=1S/C12H18BrN3O2/c1-2-16-12(18)11(13)9(7-15-16)14-6-8-4-3-5-10(8)17/h7-8,10,14,17H,2-6H2,1H3. The highest BCUT2D eigenvalue weighted by Gasteiger charge is 2.25. The summed E-state index contributed by atoms with van der Waals surface area (Å²) in [7, 11) is 0. The highest BCUT2D eigenvalue weighted by Crippen LogP contribution is 2.26. The van der Waals surface area contributed by atoms with E-state index in [1.54, 1.807) is 6.20 Å². The van der Waals surface area contributed by atoms with E-state index in [0.29, 0.717) is 23.2 Å². The molecule has 0 bridgehead atoms. The third-order valence-corrected chi connectivity index (χ3v) is 4.22. The zero-order valence-electron chi connectivity index (χ0n) is 10.4. The molecule has 1 aliphatic rings. The zero-order valence-corrected chi connectivity index (χ0v) is 12.0. The largest absolute Gasteiger partial charge is 0.393 e. The van der Waals surface area contributed by atoms with Crippen molar-refractivity contribution in [2.45, 2.75) is 38.8 Å². The molecule has 1 aliphatic carbocycles. The van der Waals surface area contributed by atoms with Crippen LogP contribution in [-0.4, -0.2) is 27.5 Å². The van der Waals surface area contributed by atoms with E-state index in [0.717, 1.165) is 19.3 Å². The maximum Gasteiger partial charge on any atom is 0.283 e. The van der Waals surface area contributed by atoms with Gasteiger partial charge in [0.2, 0.25) is 0 Å². The van der Waals surface area contributed by atoms with E-state index in [9.17, 15) is 9.90 Å². The molecule has 1 aromatic heterocycles. The molecular weight excluding hydrogens is 298 g/mol. The molecule has 2 atom stereocenters. The summed E-state index contributed by atoms with van der Waals surface area (Å²) in [6, 6.07) is 0. The van der Waals surface area contributed by atoms with Crippen LogP contribution in [0.4, 0.5) is 5.69 Å². The lowest BCUT2D eigenvalue weighted by Gasteiger charge is -2.16. The van der Waals surface area contributed by atoms with Crippen molar-refractivity contribution >= 4 is 21.6 Å². The summed E-state index contributed by atoms with van der Waals surface area (Å²) in [6.07, 6.45) is 4.41. The van der Waals surface area contributed by atoms with Crippen molar-refractivity contribution in [2.24, 2.45) is 5.92 Å². The second kappa shape index (κ2) is 5.84. The average Bonchev–Trinajstić information content (AvgIpc) is 2.77. The lowest BCUT2D eigenvalue weighted by Crippen LogP contribution is -2.26. The molecule has 1 fully saturated rings. The monoisotopic (exact) mass is 315 g/mol. The first-order chi connectivity index (χ1) is 8.63. The van der Waals surface area contributed by atoms with Gasteiger partial charge in [-0.25, -0.2) is 4.68 Å². The highest BCUT2D eigenvalue weighted by molar-refractivity contribution is 9.10. The van der Waals surface area contributed by atoms with Crippen molar-refractivity contribution in [3.8, 4) is 0 Å². The smallest absolute Gasteiger partial charge is 0.283 e. The van der Waals surface area contributed by atoms with Crippen LogP contribution >= 0.6 is 15.9 Å². The maximum absolute atomic E-state index is 11.8. The van der Waals surface area contributed by atoms with E-state index in [1.807, 2.05) is 6.92 Å². The van der Waals surface area contributed by atoms with Crippen molar-refractivity contribution in [2.75, 3.05) is 11.9 Å². The number of anilines is 1. The van der Waals surface area contributed by atoms with Gasteiger partial charge in [-0.2, -0.15) is 5.10 Å². The van der Waals surface area contributed by atoms with Crippen LogP contribution in [0.15, 0.2) is 15.5 Å². The van der Waals surface area contributed by atoms with E-state index in [4.69, 9.17) is 0 Å². The molecule has 2 rings (SSSR count). The fourth-order valence-corrected chi connectivity index (χ4v) is 2.76. The van der Waals surface area contributed by atoms with Gasteiger partial charge in [0, 0.05) is 19.0 Å². The molecule has 6 heteroatoms. The number of aryl methyl sites for hydroxylation is 1. The van der Waals surface area contributed by atoms with Gasteiger partial charge in [0.05, 0.1) is 18.0 Å². The van der Waals surface area contributed by atoms with Crippen molar-refractivity contribution in [1.82, 2.24) is 9.78 Å². The zero-order chi connectivity index (χ0) is 13.1. The van der Waals surface area contributed by atoms with Gasteiger partial charge >= 0.3 is 0 Å². The Bertz CT molecular complexity index is 475. The van der Waals surface area contributed by atoms with E-state index < -0.39 is 0 Å². The van der Waals surface area contributed by atoms with Gasteiger partial charge in [-0.15, -0.1) is 0 Å². The SMILES string of the molecule is CCn1ncc(NCC2CCCC2O)c(Br)c1=O. The lowest BCUT2D eigenvalue weighted by molar-refractivity contribution is 0.138. The molecule has 5 nitrogen and oxygen atoms in total. The number of rotatable bonds is 4. The Morgan fingerprint density at radius 3 is 3.00 bits per heavy atom. The van der Waals surface area contributed by atoms with E-state index in [1.165, 1.54) is 4.68 Å². The Hall–Kier alpha value is -0.880. The number of aliphatic hydroxyl groups excluding tert-OH is 1. The van der Waals surface area contributed by atoms with Crippen molar-refractivity contribution in [3.63, 3.8) is 0 Å². The molecule has 2 unspecified atom stereocenters. The molecular formula is C12H18BrN3O2. The van der Waals surface area contributed by atoms with Crippen LogP contribution in [0.2, 0.25) is 0 Å². The Morgan fingerprint density at radius 1 is 1.61 bits per heavy atom. The first-order valence-electron chi connectivity index (χ1n) is 6.31. The second-order valence-electron chi connectivity index (χ2n) is 4.63. The summed E-state index contributed by atoms with van der Waals surface area (Å²) in [6.45, 7) is 3.11.